The molecule has 23 nitrogen and oxygen atoms in total. The molecule has 1 saturated carbocycles. The standard InChI is InChI=1S/C63H102N10O13S/c1-12-41(6)55(48(84-10)36-52(77)71-32-24-27-47(71)57(85-11)42(7)58(79)66-63(62(83)73-33-22-23-34-86-73)37-45(63)43-25-16-13-17-26-43)70(9)61(82)53(39(2)3)65-59(80)54(40(4)5)69(8)30-20-14-18-28-49(74)67-68-50(75)29-19-15-21-31-72-51(76)35-44(60(72)81)56(78)46(64)38-87/h13,16-17,25-26,39-42,44-48,53-55,57,87H,12,14-15,18-24,27-38,64H2,1-11H3,(H,65,80)(H,66,79)(H,67,74)(H,68,75)/t41-,42+,44?,45+,46-,47-,48+,53-,54-,55-,57+,63-/m0/s1. The van der Waals surface area contributed by atoms with E-state index in [1.165, 1.54) is 12.2 Å². The molecule has 4 fully saturated rings. The number of carbonyl (C=O) groups is 10. The third-order valence-electron chi connectivity index (χ3n) is 18.2. The molecule has 0 aromatic heterocycles. The molecular weight excluding hydrogens is 1140 g/mol. The first-order valence-corrected chi connectivity index (χ1v) is 32.3. The largest absolute Gasteiger partial charge is 0.379 e. The van der Waals surface area contributed by atoms with Gasteiger partial charge in [-0.15, -0.1) is 0 Å². The molecule has 3 heterocycles. The van der Waals surface area contributed by atoms with E-state index < -0.39 is 77.4 Å². The smallest absolute Gasteiger partial charge is 0.272 e. The number of nitrogens with two attached hydrogens (primary N) is 1. The van der Waals surface area contributed by atoms with Crippen LogP contribution in [0.25, 0.3) is 0 Å². The van der Waals surface area contributed by atoms with Gasteiger partial charge in [0.05, 0.1) is 55.3 Å². The number of amides is 9. The SMILES string of the molecule is CC[C@H](C)[C@@H]([C@@H](CC(=O)N1CCC[C@H]1[C@H](OC)[C@@H](C)C(=O)N[C@@]1(C(=O)N2CCCCO2)C[C@@H]1c1ccccc1)OC)N(C)C(=O)[C@@H](NC(=O)[C@H](C(C)C)N(C)CCCCCC(=O)NNC(=O)CCCCCN1C(=O)CC(C(=O)[C@@H](N)CS)C1=O)C(C)C. The summed E-state index contributed by atoms with van der Waals surface area (Å²) in [5, 5.41) is 7.66. The van der Waals surface area contributed by atoms with E-state index in [0.717, 1.165) is 23.3 Å². The Bertz CT molecular complexity index is 2500. The van der Waals surface area contributed by atoms with Crippen LogP contribution in [-0.4, -0.2) is 198 Å². The summed E-state index contributed by atoms with van der Waals surface area (Å²) in [5.74, 6) is -6.10. The highest BCUT2D eigenvalue weighted by molar-refractivity contribution is 7.80. The lowest BCUT2D eigenvalue weighted by atomic mass is 9.89. The maximum Gasteiger partial charge on any atom is 0.272 e. The molecule has 6 N–H and O–H groups in total. The molecule has 0 spiro atoms. The van der Waals surface area contributed by atoms with Crippen LogP contribution < -0.4 is 27.2 Å². The van der Waals surface area contributed by atoms with Crippen LogP contribution in [-0.2, 0) is 62.3 Å². The first kappa shape index (κ1) is 72.2. The first-order chi connectivity index (χ1) is 41.4. The highest BCUT2D eigenvalue weighted by atomic mass is 32.1. The van der Waals surface area contributed by atoms with Gasteiger partial charge in [0.25, 0.3) is 5.91 Å². The summed E-state index contributed by atoms with van der Waals surface area (Å²) in [5.41, 5.74) is 10.4. The van der Waals surface area contributed by atoms with E-state index in [1.54, 1.807) is 30.9 Å². The van der Waals surface area contributed by atoms with E-state index in [0.29, 0.717) is 90.4 Å². The highest BCUT2D eigenvalue weighted by Crippen LogP contribution is 2.53. The predicted octanol–water partition coefficient (Wildman–Crippen LogP) is 4.07. The molecule has 12 atom stereocenters. The number of Topliss-reactive ketones (excluding diaryl/α,β-unsaturated/α-hetero) is 1. The summed E-state index contributed by atoms with van der Waals surface area (Å²) in [6, 6.07) is 6.29. The minimum Gasteiger partial charge on any atom is -0.379 e. The zero-order chi connectivity index (χ0) is 64.3. The lowest BCUT2D eigenvalue weighted by molar-refractivity contribution is -0.200. The minimum atomic E-state index is -1.17. The number of ketones is 1. The molecule has 24 heteroatoms. The van der Waals surface area contributed by atoms with Crippen molar-refractivity contribution in [3.05, 3.63) is 35.9 Å². The number of thiol groups is 1. The van der Waals surface area contributed by atoms with E-state index in [4.69, 9.17) is 20.0 Å². The molecule has 1 aliphatic carbocycles. The zero-order valence-corrected chi connectivity index (χ0v) is 54.4. The summed E-state index contributed by atoms with van der Waals surface area (Å²) in [7, 11) is 6.65. The van der Waals surface area contributed by atoms with E-state index in [9.17, 15) is 47.9 Å². The number of imide groups is 1. The van der Waals surface area contributed by atoms with Gasteiger partial charge in [-0.3, -0.25) is 73.4 Å². The van der Waals surface area contributed by atoms with Crippen molar-refractivity contribution in [3.63, 3.8) is 0 Å². The lowest BCUT2D eigenvalue weighted by Crippen LogP contribution is -2.60. The average Bonchev–Trinajstić information content (AvgIpc) is 1.62. The lowest BCUT2D eigenvalue weighted by Gasteiger charge is -2.41. The van der Waals surface area contributed by atoms with Gasteiger partial charge in [0, 0.05) is 71.8 Å². The monoisotopic (exact) mass is 1240 g/mol. The summed E-state index contributed by atoms with van der Waals surface area (Å²) in [6.45, 7) is 15.5. The molecular formula is C63H102N10O13S. The van der Waals surface area contributed by atoms with E-state index >= 15 is 0 Å². The van der Waals surface area contributed by atoms with Crippen molar-refractivity contribution >= 4 is 71.6 Å². The Morgan fingerprint density at radius 2 is 1.48 bits per heavy atom. The predicted molar refractivity (Wildman–Crippen MR) is 331 cm³/mol. The normalized spacial score (nSPS) is 22.3. The summed E-state index contributed by atoms with van der Waals surface area (Å²) in [6.07, 6.45) is 6.01. The first-order valence-electron chi connectivity index (χ1n) is 31.6. The van der Waals surface area contributed by atoms with Crippen molar-refractivity contribution in [1.82, 2.24) is 46.1 Å². The number of hydrogen-bond acceptors (Lipinski definition) is 16. The van der Waals surface area contributed by atoms with Crippen molar-refractivity contribution in [2.24, 2.45) is 35.3 Å². The molecule has 3 saturated heterocycles. The molecule has 1 aromatic rings. The minimum absolute atomic E-state index is 0.0521. The fraction of sp³-hybridized carbons (Fsp3) is 0.746. The van der Waals surface area contributed by atoms with Gasteiger partial charge in [-0.1, -0.05) is 98.1 Å². The molecule has 0 radical (unpaired) electrons. The van der Waals surface area contributed by atoms with Gasteiger partial charge in [-0.2, -0.15) is 12.6 Å². The van der Waals surface area contributed by atoms with Gasteiger partial charge in [-0.05, 0) is 94.7 Å². The van der Waals surface area contributed by atoms with Crippen molar-refractivity contribution < 1.29 is 62.3 Å². The van der Waals surface area contributed by atoms with Gasteiger partial charge in [-0.25, -0.2) is 5.06 Å². The summed E-state index contributed by atoms with van der Waals surface area (Å²) in [4.78, 5) is 147. The van der Waals surface area contributed by atoms with Crippen LogP contribution in [0.5, 0.6) is 0 Å². The maximum atomic E-state index is 14.8. The van der Waals surface area contributed by atoms with Crippen LogP contribution in [0.4, 0.5) is 0 Å². The molecule has 1 aromatic carbocycles. The van der Waals surface area contributed by atoms with Gasteiger partial charge < -0.3 is 35.6 Å². The molecule has 5 rings (SSSR count). The number of hydrogen-bond donors (Lipinski definition) is 6. The number of unbranched alkanes of at least 4 members (excludes halogenated alkanes) is 4. The number of carbonyl (C=O) groups excluding carboxylic acids is 10. The van der Waals surface area contributed by atoms with Crippen molar-refractivity contribution in [3.8, 4) is 0 Å². The van der Waals surface area contributed by atoms with Crippen LogP contribution in [0.2, 0.25) is 0 Å². The topological polar surface area (TPSA) is 289 Å². The van der Waals surface area contributed by atoms with Crippen LogP contribution in [0.15, 0.2) is 30.3 Å². The average molecular weight is 1240 g/mol. The van der Waals surface area contributed by atoms with E-state index in [-0.39, 0.29) is 103 Å². The number of rotatable bonds is 35. The van der Waals surface area contributed by atoms with Gasteiger partial charge >= 0.3 is 0 Å². The molecule has 0 bridgehead atoms. The number of methoxy groups -OCH3 is 2. The molecule has 87 heavy (non-hydrogen) atoms. The number of nitrogens with one attached hydrogen (secondary N) is 4. The van der Waals surface area contributed by atoms with Crippen molar-refractivity contribution in [1.29, 1.82) is 0 Å². The number of benzene rings is 1. The quantitative estimate of drug-likeness (QED) is 0.0184. The fourth-order valence-corrected chi connectivity index (χ4v) is 13.0. The molecule has 9 amide bonds. The Hall–Kier alpha value is -5.53. The number of likely N-dealkylation sites (tertiary alicyclic amines) is 2. The number of hydroxylamine groups is 2. The van der Waals surface area contributed by atoms with Crippen LogP contribution in [0.1, 0.15) is 163 Å². The molecule has 488 valence electrons. The van der Waals surface area contributed by atoms with Gasteiger partial charge in [0.1, 0.15) is 17.5 Å². The van der Waals surface area contributed by atoms with Crippen LogP contribution >= 0.6 is 12.6 Å². The number of likely N-dealkylation sites (N-methyl/N-ethyl adjacent to an activating group) is 2. The van der Waals surface area contributed by atoms with Crippen molar-refractivity contribution in [2.75, 3.05) is 66.9 Å². The van der Waals surface area contributed by atoms with E-state index in [1.807, 2.05) is 83.8 Å². The highest BCUT2D eigenvalue weighted by Gasteiger charge is 2.64. The zero-order valence-electron chi connectivity index (χ0n) is 53.5. The second-order valence-corrected chi connectivity index (χ2v) is 25.5. The maximum absolute atomic E-state index is 14.8. The van der Waals surface area contributed by atoms with E-state index in [2.05, 4.69) is 34.1 Å². The third-order valence-corrected chi connectivity index (χ3v) is 18.6. The number of hydrazine groups is 1. The van der Waals surface area contributed by atoms with Gasteiger partial charge in [0.15, 0.2) is 5.78 Å². The summed E-state index contributed by atoms with van der Waals surface area (Å²) < 4.78 is 12.2. The number of ether oxygens (including phenoxy) is 2. The third kappa shape index (κ3) is 19.0. The Morgan fingerprint density at radius 1 is 0.828 bits per heavy atom. The molecule has 3 aliphatic heterocycles. The van der Waals surface area contributed by atoms with Crippen LogP contribution in [0, 0.1) is 29.6 Å². The Morgan fingerprint density at radius 3 is 2.06 bits per heavy atom. The molecule has 1 unspecified atom stereocenters. The Labute approximate surface area is 521 Å². The second-order valence-electron chi connectivity index (χ2n) is 25.1. The van der Waals surface area contributed by atoms with Crippen LogP contribution in [0.3, 0.4) is 0 Å². The fourth-order valence-electron chi connectivity index (χ4n) is 12.8. The van der Waals surface area contributed by atoms with Crippen molar-refractivity contribution in [2.45, 2.75) is 205 Å². The number of nitrogens with zero attached hydrogens (tertiary/aromatic N) is 5. The summed E-state index contributed by atoms with van der Waals surface area (Å²) >= 11 is 4.01. The molecule has 4 aliphatic rings. The van der Waals surface area contributed by atoms with Gasteiger partial charge in [0.2, 0.25) is 47.3 Å². The Balaban J connectivity index is 1.10. The second kappa shape index (κ2) is 34.4. The Kier molecular flexibility index (Phi) is 28.6.